The summed E-state index contributed by atoms with van der Waals surface area (Å²) in [7, 11) is 0. The van der Waals surface area contributed by atoms with Crippen LogP contribution in [0.15, 0.2) is 72.8 Å². The van der Waals surface area contributed by atoms with Crippen LogP contribution in [-0.2, 0) is 27.4 Å². The van der Waals surface area contributed by atoms with Crippen molar-refractivity contribution in [3.63, 3.8) is 0 Å². The fourth-order valence-corrected chi connectivity index (χ4v) is 3.87. The lowest BCUT2D eigenvalue weighted by atomic mass is 9.85. The van der Waals surface area contributed by atoms with Gasteiger partial charge < -0.3 is 19.9 Å². The van der Waals surface area contributed by atoms with Crippen LogP contribution < -0.4 is 5.73 Å². The van der Waals surface area contributed by atoms with Gasteiger partial charge in [-0.15, -0.1) is 0 Å². The molecular weight excluding hydrogens is 362 g/mol. The van der Waals surface area contributed by atoms with E-state index in [0.717, 1.165) is 23.1 Å². The second kappa shape index (κ2) is 10.7. The van der Waals surface area contributed by atoms with Crippen LogP contribution in [0.5, 0.6) is 0 Å². The zero-order valence-corrected chi connectivity index (χ0v) is 17.5. The molecule has 2 aromatic rings. The van der Waals surface area contributed by atoms with E-state index in [4.69, 9.17) is 19.9 Å². The average molecular weight is 396 g/mol. The molecule has 4 heteroatoms. The molecule has 1 saturated heterocycles. The van der Waals surface area contributed by atoms with Crippen molar-refractivity contribution >= 4 is 0 Å². The smallest absolute Gasteiger partial charge is 0.110 e. The van der Waals surface area contributed by atoms with E-state index in [2.05, 4.69) is 44.7 Å². The van der Waals surface area contributed by atoms with Crippen molar-refractivity contribution in [1.82, 2.24) is 0 Å². The summed E-state index contributed by atoms with van der Waals surface area (Å²) in [5, 5.41) is 0. The van der Waals surface area contributed by atoms with E-state index in [-0.39, 0.29) is 30.3 Å². The maximum Gasteiger partial charge on any atom is 0.110 e. The topological polar surface area (TPSA) is 53.7 Å². The van der Waals surface area contributed by atoms with Gasteiger partial charge in [0.25, 0.3) is 0 Å². The average Bonchev–Trinajstić information content (AvgIpc) is 2.75. The van der Waals surface area contributed by atoms with E-state index in [1.807, 2.05) is 36.4 Å². The molecule has 3 rings (SSSR count). The highest BCUT2D eigenvalue weighted by molar-refractivity contribution is 5.14. The Hall–Kier alpha value is -1.98. The third-order valence-corrected chi connectivity index (χ3v) is 5.63. The van der Waals surface area contributed by atoms with Crippen LogP contribution in [0.1, 0.15) is 31.4 Å². The predicted molar refractivity (Wildman–Crippen MR) is 116 cm³/mol. The summed E-state index contributed by atoms with van der Waals surface area (Å²) in [5.41, 5.74) is 9.07. The Labute approximate surface area is 174 Å². The second-order valence-corrected chi connectivity index (χ2v) is 7.92. The van der Waals surface area contributed by atoms with Gasteiger partial charge in [-0.1, -0.05) is 79.7 Å². The Kier molecular flexibility index (Phi) is 8.01. The van der Waals surface area contributed by atoms with Crippen LogP contribution in [0.3, 0.4) is 0 Å². The molecule has 0 spiro atoms. The summed E-state index contributed by atoms with van der Waals surface area (Å²) in [4.78, 5) is 0. The maximum atomic E-state index is 6.43. The molecule has 2 N–H and O–H groups in total. The molecular formula is C25H33NO3. The molecule has 1 heterocycles. The lowest BCUT2D eigenvalue weighted by molar-refractivity contribution is -0.226. The van der Waals surface area contributed by atoms with Gasteiger partial charge in [0.15, 0.2) is 0 Å². The van der Waals surface area contributed by atoms with Gasteiger partial charge in [-0.2, -0.15) is 0 Å². The minimum Gasteiger partial charge on any atom is -0.372 e. The van der Waals surface area contributed by atoms with Crippen molar-refractivity contribution in [3.8, 4) is 0 Å². The summed E-state index contributed by atoms with van der Waals surface area (Å²) in [5.74, 6) is 0.166. The summed E-state index contributed by atoms with van der Waals surface area (Å²) in [6, 6.07) is 20.5. The van der Waals surface area contributed by atoms with Crippen molar-refractivity contribution in [2.24, 2.45) is 11.7 Å². The molecule has 0 radical (unpaired) electrons. The fourth-order valence-electron chi connectivity index (χ4n) is 3.87. The zero-order valence-electron chi connectivity index (χ0n) is 17.5. The molecule has 0 aromatic heterocycles. The first-order chi connectivity index (χ1) is 14.1. The van der Waals surface area contributed by atoms with Crippen LogP contribution in [0.25, 0.3) is 0 Å². The van der Waals surface area contributed by atoms with Crippen molar-refractivity contribution in [2.45, 2.75) is 57.9 Å². The first-order valence-electron chi connectivity index (χ1n) is 10.4. The molecule has 0 aliphatic carbocycles. The van der Waals surface area contributed by atoms with E-state index in [1.54, 1.807) is 0 Å². The highest BCUT2D eigenvalue weighted by atomic mass is 16.6. The van der Waals surface area contributed by atoms with Crippen molar-refractivity contribution in [2.75, 3.05) is 6.54 Å². The molecule has 1 aliphatic rings. The van der Waals surface area contributed by atoms with Gasteiger partial charge in [0, 0.05) is 12.5 Å². The number of hydrogen-bond acceptors (Lipinski definition) is 4. The molecule has 5 atom stereocenters. The number of hydrogen-bond donors (Lipinski definition) is 1. The van der Waals surface area contributed by atoms with Gasteiger partial charge in [0.2, 0.25) is 0 Å². The van der Waals surface area contributed by atoms with Crippen molar-refractivity contribution in [3.05, 3.63) is 83.9 Å². The predicted octanol–water partition coefficient (Wildman–Crippen LogP) is 4.49. The van der Waals surface area contributed by atoms with Crippen LogP contribution in [0.4, 0.5) is 0 Å². The number of nitrogens with two attached hydrogens (primary N) is 1. The Morgan fingerprint density at radius 2 is 1.41 bits per heavy atom. The monoisotopic (exact) mass is 395 g/mol. The second-order valence-electron chi connectivity index (χ2n) is 7.92. The molecule has 0 saturated carbocycles. The maximum absolute atomic E-state index is 6.43. The SMILES string of the molecule is C=C(CN)C[C@@H]1O[C@@H](C)[C@@H](OCc2ccccc2)[C@@H](OCc2ccccc2)[C@@H]1C. The van der Waals surface area contributed by atoms with Gasteiger partial charge in [-0.3, -0.25) is 0 Å². The molecule has 0 amide bonds. The largest absolute Gasteiger partial charge is 0.372 e. The van der Waals surface area contributed by atoms with Crippen LogP contribution in [0, 0.1) is 5.92 Å². The van der Waals surface area contributed by atoms with Crippen molar-refractivity contribution in [1.29, 1.82) is 0 Å². The van der Waals surface area contributed by atoms with Gasteiger partial charge in [0.1, 0.15) is 6.10 Å². The zero-order chi connectivity index (χ0) is 20.6. The van der Waals surface area contributed by atoms with E-state index in [9.17, 15) is 0 Å². The minimum atomic E-state index is -0.142. The fraction of sp³-hybridized carbons (Fsp3) is 0.440. The van der Waals surface area contributed by atoms with Gasteiger partial charge in [0.05, 0.1) is 31.5 Å². The van der Waals surface area contributed by atoms with Crippen LogP contribution >= 0.6 is 0 Å². The normalized spacial score (nSPS) is 26.9. The van der Waals surface area contributed by atoms with E-state index < -0.39 is 0 Å². The molecule has 4 nitrogen and oxygen atoms in total. The standard InChI is InChI=1S/C25H33NO3/c1-18(15-26)14-23-19(2)24(27-16-21-10-6-4-7-11-21)25(20(3)29-23)28-17-22-12-8-5-9-13-22/h4-13,19-20,23-25H,1,14-17,26H2,2-3H3/t19-,20+,23+,24+,25-/m1/s1. The van der Waals surface area contributed by atoms with Crippen LogP contribution in [-0.4, -0.2) is 31.0 Å². The lowest BCUT2D eigenvalue weighted by Gasteiger charge is -2.45. The first-order valence-corrected chi connectivity index (χ1v) is 10.4. The lowest BCUT2D eigenvalue weighted by Crippen LogP contribution is -2.54. The summed E-state index contributed by atoms with van der Waals surface area (Å²) >= 11 is 0. The van der Waals surface area contributed by atoms with E-state index in [0.29, 0.717) is 19.8 Å². The molecule has 1 fully saturated rings. The minimum absolute atomic E-state index is 0.0263. The van der Waals surface area contributed by atoms with Crippen LogP contribution in [0.2, 0.25) is 0 Å². The Balaban J connectivity index is 1.72. The first kappa shape index (κ1) is 21.7. The summed E-state index contributed by atoms with van der Waals surface area (Å²) < 4.78 is 19.1. The summed E-state index contributed by atoms with van der Waals surface area (Å²) in [6.07, 6.45) is 0.484. The number of ether oxygens (including phenoxy) is 3. The third kappa shape index (κ3) is 6.00. The molecule has 0 bridgehead atoms. The van der Waals surface area contributed by atoms with E-state index >= 15 is 0 Å². The molecule has 2 aromatic carbocycles. The molecule has 29 heavy (non-hydrogen) atoms. The van der Waals surface area contributed by atoms with Gasteiger partial charge in [-0.05, 0) is 24.5 Å². The van der Waals surface area contributed by atoms with Crippen molar-refractivity contribution < 1.29 is 14.2 Å². The van der Waals surface area contributed by atoms with E-state index in [1.165, 1.54) is 0 Å². The highest BCUT2D eigenvalue weighted by Gasteiger charge is 2.43. The quantitative estimate of drug-likeness (QED) is 0.636. The Morgan fingerprint density at radius 3 is 1.93 bits per heavy atom. The molecule has 156 valence electrons. The number of benzene rings is 2. The molecule has 0 unspecified atom stereocenters. The Bertz CT molecular complexity index is 749. The van der Waals surface area contributed by atoms with Gasteiger partial charge in [-0.25, -0.2) is 0 Å². The third-order valence-electron chi connectivity index (χ3n) is 5.63. The van der Waals surface area contributed by atoms with Gasteiger partial charge >= 0.3 is 0 Å². The number of rotatable bonds is 9. The summed E-state index contributed by atoms with van der Waals surface area (Å²) in [6.45, 7) is 9.88. The Morgan fingerprint density at radius 1 is 0.897 bits per heavy atom. The highest BCUT2D eigenvalue weighted by Crippen LogP contribution is 2.33. The molecule has 1 aliphatic heterocycles.